The molecule has 0 aliphatic heterocycles. The van der Waals surface area contributed by atoms with Crippen LogP contribution >= 0.6 is 11.6 Å². The zero-order valence-corrected chi connectivity index (χ0v) is 11.8. The van der Waals surface area contributed by atoms with E-state index >= 15 is 0 Å². The van der Waals surface area contributed by atoms with Crippen molar-refractivity contribution in [1.82, 2.24) is 20.3 Å². The highest BCUT2D eigenvalue weighted by Gasteiger charge is 2.20. The van der Waals surface area contributed by atoms with Crippen molar-refractivity contribution < 1.29 is 4.39 Å². The zero-order chi connectivity index (χ0) is 13.9. The number of nitrogens with one attached hydrogen (secondary N) is 1. The number of nitrogens with zero attached hydrogens (tertiary/aromatic N) is 3. The van der Waals surface area contributed by atoms with Crippen molar-refractivity contribution in [1.29, 1.82) is 0 Å². The van der Waals surface area contributed by atoms with Crippen molar-refractivity contribution in [3.05, 3.63) is 46.5 Å². The van der Waals surface area contributed by atoms with E-state index in [0.717, 1.165) is 30.3 Å². The number of rotatable bonds is 6. The Morgan fingerprint density at radius 2 is 2.25 bits per heavy atom. The van der Waals surface area contributed by atoms with Crippen LogP contribution in [0.25, 0.3) is 0 Å². The Bertz CT molecular complexity index is 595. The van der Waals surface area contributed by atoms with E-state index in [9.17, 15) is 4.39 Å². The van der Waals surface area contributed by atoms with Crippen molar-refractivity contribution in [2.24, 2.45) is 5.92 Å². The molecular formula is C14H16ClFN4. The fourth-order valence-corrected chi connectivity index (χ4v) is 2.17. The van der Waals surface area contributed by atoms with Gasteiger partial charge in [-0.25, -0.2) is 9.07 Å². The number of halogens is 2. The normalized spacial score (nSPS) is 14.7. The summed E-state index contributed by atoms with van der Waals surface area (Å²) in [5.74, 6) is 0.442. The number of hydrogen-bond donors (Lipinski definition) is 1. The third-order valence-electron chi connectivity index (χ3n) is 3.35. The van der Waals surface area contributed by atoms with E-state index < -0.39 is 5.82 Å². The summed E-state index contributed by atoms with van der Waals surface area (Å²) in [5.41, 5.74) is 1.72. The maximum absolute atomic E-state index is 13.3. The molecule has 20 heavy (non-hydrogen) atoms. The fraction of sp³-hybridized carbons (Fsp3) is 0.429. The van der Waals surface area contributed by atoms with Gasteiger partial charge < -0.3 is 5.32 Å². The molecule has 1 N–H and O–H groups in total. The van der Waals surface area contributed by atoms with E-state index in [0.29, 0.717) is 6.54 Å². The molecule has 4 nitrogen and oxygen atoms in total. The van der Waals surface area contributed by atoms with E-state index in [4.69, 9.17) is 11.6 Å². The van der Waals surface area contributed by atoms with Crippen LogP contribution in [0.15, 0.2) is 24.4 Å². The van der Waals surface area contributed by atoms with Crippen LogP contribution in [0.4, 0.5) is 4.39 Å². The quantitative estimate of drug-likeness (QED) is 0.890. The summed E-state index contributed by atoms with van der Waals surface area (Å²) in [6, 6.07) is 4.77. The molecule has 2 aromatic rings. The van der Waals surface area contributed by atoms with Crippen LogP contribution in [0.3, 0.4) is 0 Å². The van der Waals surface area contributed by atoms with Gasteiger partial charge in [-0.15, -0.1) is 5.10 Å². The molecule has 1 aliphatic carbocycles. The summed E-state index contributed by atoms with van der Waals surface area (Å²) in [7, 11) is 0. The Labute approximate surface area is 121 Å². The molecule has 1 saturated carbocycles. The Balaban J connectivity index is 1.56. The average Bonchev–Trinajstić information content (AvgIpc) is 3.14. The summed E-state index contributed by atoms with van der Waals surface area (Å²) in [5, 5.41) is 11.6. The molecule has 0 atom stereocenters. The molecule has 6 heteroatoms. The topological polar surface area (TPSA) is 42.7 Å². The summed E-state index contributed by atoms with van der Waals surface area (Å²) in [6.45, 7) is 2.27. The first-order valence-electron chi connectivity index (χ1n) is 6.74. The van der Waals surface area contributed by atoms with Crippen molar-refractivity contribution in [3.8, 4) is 0 Å². The van der Waals surface area contributed by atoms with Gasteiger partial charge in [-0.05, 0) is 43.0 Å². The van der Waals surface area contributed by atoms with Crippen LogP contribution in [-0.4, -0.2) is 21.5 Å². The Hall–Kier alpha value is -1.46. The first-order chi connectivity index (χ1) is 9.70. The Morgan fingerprint density at radius 1 is 1.40 bits per heavy atom. The van der Waals surface area contributed by atoms with Crippen LogP contribution in [-0.2, 0) is 13.1 Å². The largest absolute Gasteiger partial charge is 0.311 e. The second-order valence-corrected chi connectivity index (χ2v) is 5.64. The predicted octanol–water partition coefficient (Wildman–Crippen LogP) is 2.62. The van der Waals surface area contributed by atoms with Gasteiger partial charge in [-0.3, -0.25) is 0 Å². The molecule has 3 rings (SSSR count). The molecule has 1 aliphatic rings. The molecule has 0 bridgehead atoms. The first-order valence-corrected chi connectivity index (χ1v) is 7.12. The van der Waals surface area contributed by atoms with Gasteiger partial charge in [0, 0.05) is 6.54 Å². The molecule has 106 valence electrons. The molecule has 0 spiro atoms. The number of hydrogen-bond acceptors (Lipinski definition) is 3. The van der Waals surface area contributed by atoms with Crippen molar-refractivity contribution >= 4 is 11.6 Å². The highest BCUT2D eigenvalue weighted by molar-refractivity contribution is 6.30. The first kappa shape index (κ1) is 13.5. The molecule has 0 saturated heterocycles. The highest BCUT2D eigenvalue weighted by atomic mass is 35.5. The van der Waals surface area contributed by atoms with Gasteiger partial charge in [0.2, 0.25) is 0 Å². The van der Waals surface area contributed by atoms with E-state index in [1.807, 2.05) is 6.20 Å². The molecule has 1 heterocycles. The van der Waals surface area contributed by atoms with Gasteiger partial charge in [0.05, 0.1) is 23.5 Å². The Morgan fingerprint density at radius 3 is 3.00 bits per heavy atom. The lowest BCUT2D eigenvalue weighted by Crippen LogP contribution is -2.16. The highest BCUT2D eigenvalue weighted by Crippen LogP contribution is 2.27. The van der Waals surface area contributed by atoms with E-state index in [-0.39, 0.29) is 5.02 Å². The monoisotopic (exact) mass is 294 g/mol. The standard InChI is InChI=1S/C14H16ClFN4/c15-13-4-3-11(5-14(13)16)8-20-9-12(18-19-20)7-17-6-10-1-2-10/h3-5,9-10,17H,1-2,6-8H2. The Kier molecular flexibility index (Phi) is 3.98. The van der Waals surface area contributed by atoms with Gasteiger partial charge >= 0.3 is 0 Å². The average molecular weight is 295 g/mol. The van der Waals surface area contributed by atoms with Crippen LogP contribution in [0.2, 0.25) is 5.02 Å². The smallest absolute Gasteiger partial charge is 0.142 e. The molecule has 1 aromatic carbocycles. The van der Waals surface area contributed by atoms with Gasteiger partial charge in [0.15, 0.2) is 0 Å². The summed E-state index contributed by atoms with van der Waals surface area (Å²) < 4.78 is 15.1. The second kappa shape index (κ2) is 5.89. The van der Waals surface area contributed by atoms with Crippen molar-refractivity contribution in [2.75, 3.05) is 6.54 Å². The van der Waals surface area contributed by atoms with E-state index in [2.05, 4.69) is 15.6 Å². The minimum Gasteiger partial charge on any atom is -0.311 e. The van der Waals surface area contributed by atoms with E-state index in [1.165, 1.54) is 18.9 Å². The fourth-order valence-electron chi connectivity index (χ4n) is 2.05. The molecule has 1 fully saturated rings. The van der Waals surface area contributed by atoms with Gasteiger partial charge in [0.25, 0.3) is 0 Å². The lowest BCUT2D eigenvalue weighted by atomic mass is 10.2. The molecule has 0 unspecified atom stereocenters. The lowest BCUT2D eigenvalue weighted by Gasteiger charge is -2.02. The molecule has 0 radical (unpaired) electrons. The second-order valence-electron chi connectivity index (χ2n) is 5.23. The minimum absolute atomic E-state index is 0.136. The lowest BCUT2D eigenvalue weighted by molar-refractivity contribution is 0.613. The SMILES string of the molecule is Fc1cc(Cn2cc(CNCC3CC3)nn2)ccc1Cl. The van der Waals surface area contributed by atoms with Crippen LogP contribution in [0.5, 0.6) is 0 Å². The van der Waals surface area contributed by atoms with Gasteiger partial charge in [0.1, 0.15) is 5.82 Å². The third-order valence-corrected chi connectivity index (χ3v) is 3.66. The number of aromatic nitrogens is 3. The third kappa shape index (κ3) is 3.55. The van der Waals surface area contributed by atoms with Crippen molar-refractivity contribution in [2.45, 2.75) is 25.9 Å². The predicted molar refractivity (Wildman–Crippen MR) is 75.0 cm³/mol. The van der Waals surface area contributed by atoms with Crippen LogP contribution < -0.4 is 5.32 Å². The molecule has 0 amide bonds. The zero-order valence-electron chi connectivity index (χ0n) is 11.0. The number of benzene rings is 1. The summed E-state index contributed by atoms with van der Waals surface area (Å²) in [6.07, 6.45) is 4.55. The van der Waals surface area contributed by atoms with Crippen molar-refractivity contribution in [3.63, 3.8) is 0 Å². The van der Waals surface area contributed by atoms with Crippen LogP contribution in [0.1, 0.15) is 24.1 Å². The van der Waals surface area contributed by atoms with Gasteiger partial charge in [-0.2, -0.15) is 0 Å². The molecular weight excluding hydrogens is 279 g/mol. The maximum atomic E-state index is 13.3. The summed E-state index contributed by atoms with van der Waals surface area (Å²) >= 11 is 5.66. The van der Waals surface area contributed by atoms with Crippen LogP contribution in [0, 0.1) is 11.7 Å². The maximum Gasteiger partial charge on any atom is 0.142 e. The molecule has 1 aromatic heterocycles. The minimum atomic E-state index is -0.407. The van der Waals surface area contributed by atoms with Gasteiger partial charge in [-0.1, -0.05) is 22.9 Å². The van der Waals surface area contributed by atoms with E-state index in [1.54, 1.807) is 16.8 Å². The summed E-state index contributed by atoms with van der Waals surface area (Å²) in [4.78, 5) is 0.